The first-order chi connectivity index (χ1) is 14.8. The van der Waals surface area contributed by atoms with E-state index in [4.69, 9.17) is 4.74 Å². The van der Waals surface area contributed by atoms with Crippen LogP contribution in [0.15, 0.2) is 29.2 Å². The third-order valence-electron chi connectivity index (χ3n) is 5.27. The zero-order valence-corrected chi connectivity index (χ0v) is 19.5. The smallest absolute Gasteiger partial charge is 0.251 e. The molecule has 0 saturated carbocycles. The quantitative estimate of drug-likeness (QED) is 0.500. The molecule has 1 aliphatic rings. The van der Waals surface area contributed by atoms with E-state index < -0.39 is 22.0 Å². The van der Waals surface area contributed by atoms with Gasteiger partial charge in [0.25, 0.3) is 5.91 Å². The van der Waals surface area contributed by atoms with Gasteiger partial charge in [0.2, 0.25) is 15.9 Å². The number of nitrogens with zero attached hydrogens (tertiary/aromatic N) is 1. The number of hydrogen-bond acceptors (Lipinski definition) is 5. The first kappa shape index (κ1) is 25.3. The van der Waals surface area contributed by atoms with Crippen LogP contribution in [0, 0.1) is 5.92 Å². The average molecular weight is 454 g/mol. The molecule has 1 heterocycles. The maximum Gasteiger partial charge on any atom is 0.251 e. The van der Waals surface area contributed by atoms with Crippen LogP contribution in [0.3, 0.4) is 0 Å². The van der Waals surface area contributed by atoms with Gasteiger partial charge in [-0.2, -0.15) is 4.31 Å². The summed E-state index contributed by atoms with van der Waals surface area (Å²) in [5.41, 5.74) is 0.204. The second-order valence-corrected chi connectivity index (χ2v) is 10.0. The van der Waals surface area contributed by atoms with Crippen molar-refractivity contribution in [2.24, 2.45) is 5.92 Å². The fourth-order valence-corrected chi connectivity index (χ4v) is 4.82. The van der Waals surface area contributed by atoms with Gasteiger partial charge in [-0.15, -0.1) is 0 Å². The lowest BCUT2D eigenvalue weighted by atomic mass is 10.0. The molecule has 2 amide bonds. The van der Waals surface area contributed by atoms with Gasteiger partial charge < -0.3 is 15.4 Å². The summed E-state index contributed by atoms with van der Waals surface area (Å²) in [4.78, 5) is 25.5. The van der Waals surface area contributed by atoms with Crippen molar-refractivity contribution in [1.82, 2.24) is 14.9 Å². The minimum absolute atomic E-state index is 0.0588. The maximum absolute atomic E-state index is 12.9. The molecule has 0 aliphatic carbocycles. The Balaban J connectivity index is 2.05. The molecule has 174 valence electrons. The van der Waals surface area contributed by atoms with E-state index in [2.05, 4.69) is 17.6 Å². The lowest BCUT2D eigenvalue weighted by Gasteiger charge is -2.26. The van der Waals surface area contributed by atoms with E-state index in [1.165, 1.54) is 16.4 Å². The largest absolute Gasteiger partial charge is 0.379 e. The highest BCUT2D eigenvalue weighted by Gasteiger charge is 2.28. The summed E-state index contributed by atoms with van der Waals surface area (Å²) in [6.45, 7) is 7.70. The number of morpholine rings is 1. The molecule has 0 bridgehead atoms. The molecule has 8 nitrogen and oxygen atoms in total. The Labute approximate surface area is 185 Å². The number of amides is 2. The Morgan fingerprint density at radius 3 is 2.48 bits per heavy atom. The maximum atomic E-state index is 12.9. The molecule has 0 radical (unpaired) electrons. The van der Waals surface area contributed by atoms with E-state index in [1.807, 2.05) is 13.8 Å². The van der Waals surface area contributed by atoms with E-state index in [1.54, 1.807) is 12.1 Å². The SMILES string of the molecule is CCCCCCNC(=O)[C@@H](NC(=O)c1cccc(S(=O)(=O)N2CCOCC2)c1)C(C)C. The number of benzene rings is 1. The molecule has 1 aliphatic heterocycles. The molecule has 1 saturated heterocycles. The Hall–Kier alpha value is -1.97. The monoisotopic (exact) mass is 453 g/mol. The van der Waals surface area contributed by atoms with Crippen molar-refractivity contribution < 1.29 is 22.7 Å². The van der Waals surface area contributed by atoms with Crippen LogP contribution in [-0.4, -0.2) is 63.4 Å². The molecule has 9 heteroatoms. The van der Waals surface area contributed by atoms with Gasteiger partial charge in [0.1, 0.15) is 6.04 Å². The predicted octanol–water partition coefficient (Wildman–Crippen LogP) is 2.16. The van der Waals surface area contributed by atoms with Gasteiger partial charge in [0.05, 0.1) is 18.1 Å². The molecule has 2 N–H and O–H groups in total. The summed E-state index contributed by atoms with van der Waals surface area (Å²) in [7, 11) is -3.70. The summed E-state index contributed by atoms with van der Waals surface area (Å²) in [6, 6.07) is 5.23. The van der Waals surface area contributed by atoms with Crippen molar-refractivity contribution in [2.45, 2.75) is 57.4 Å². The highest BCUT2D eigenvalue weighted by molar-refractivity contribution is 7.89. The number of unbranched alkanes of at least 4 members (excludes halogenated alkanes) is 3. The molecule has 0 aromatic heterocycles. The standard InChI is InChI=1S/C22H35N3O5S/c1-4-5-6-7-11-23-22(27)20(17(2)3)24-21(26)18-9-8-10-19(16-18)31(28,29)25-12-14-30-15-13-25/h8-10,16-17,20H,4-7,11-15H2,1-3H3,(H,23,27)(H,24,26)/t20-/m0/s1. The number of carbonyl (C=O) groups is 2. The zero-order valence-electron chi connectivity index (χ0n) is 18.7. The fourth-order valence-electron chi connectivity index (χ4n) is 3.37. The van der Waals surface area contributed by atoms with Gasteiger partial charge in [-0.3, -0.25) is 9.59 Å². The van der Waals surface area contributed by atoms with Crippen molar-refractivity contribution >= 4 is 21.8 Å². The van der Waals surface area contributed by atoms with E-state index in [0.29, 0.717) is 19.8 Å². The fraction of sp³-hybridized carbons (Fsp3) is 0.636. The van der Waals surface area contributed by atoms with Gasteiger partial charge in [0, 0.05) is 25.2 Å². The van der Waals surface area contributed by atoms with E-state index in [0.717, 1.165) is 25.7 Å². The first-order valence-corrected chi connectivity index (χ1v) is 12.5. The van der Waals surface area contributed by atoms with Gasteiger partial charge in [-0.1, -0.05) is 46.1 Å². The van der Waals surface area contributed by atoms with Gasteiger partial charge in [0.15, 0.2) is 0 Å². The molecule has 1 fully saturated rings. The Morgan fingerprint density at radius 2 is 1.84 bits per heavy atom. The van der Waals surface area contributed by atoms with Crippen LogP contribution < -0.4 is 10.6 Å². The van der Waals surface area contributed by atoms with Gasteiger partial charge >= 0.3 is 0 Å². The lowest BCUT2D eigenvalue weighted by molar-refractivity contribution is -0.123. The zero-order chi connectivity index (χ0) is 22.9. The normalized spacial score (nSPS) is 16.1. The van der Waals surface area contributed by atoms with Crippen LogP contribution in [0.2, 0.25) is 0 Å². The Kier molecular flexibility index (Phi) is 9.93. The van der Waals surface area contributed by atoms with Crippen molar-refractivity contribution in [3.05, 3.63) is 29.8 Å². The van der Waals surface area contributed by atoms with Crippen molar-refractivity contribution in [3.8, 4) is 0 Å². The first-order valence-electron chi connectivity index (χ1n) is 11.0. The number of ether oxygens (including phenoxy) is 1. The number of sulfonamides is 1. The molecule has 31 heavy (non-hydrogen) atoms. The van der Waals surface area contributed by atoms with Crippen LogP contribution in [0.4, 0.5) is 0 Å². The number of nitrogens with one attached hydrogen (secondary N) is 2. The van der Waals surface area contributed by atoms with Crippen LogP contribution in [0.25, 0.3) is 0 Å². The summed E-state index contributed by atoms with van der Waals surface area (Å²) < 4.78 is 32.3. The molecule has 0 spiro atoms. The Bertz CT molecular complexity index is 835. The molecule has 1 aromatic carbocycles. The predicted molar refractivity (Wildman–Crippen MR) is 119 cm³/mol. The number of rotatable bonds is 11. The van der Waals surface area contributed by atoms with Crippen molar-refractivity contribution in [3.63, 3.8) is 0 Å². The number of carbonyl (C=O) groups excluding carboxylic acids is 2. The molecule has 2 rings (SSSR count). The topological polar surface area (TPSA) is 105 Å². The third-order valence-corrected chi connectivity index (χ3v) is 7.16. The van der Waals surface area contributed by atoms with E-state index in [9.17, 15) is 18.0 Å². The highest BCUT2D eigenvalue weighted by atomic mass is 32.2. The molecule has 1 aromatic rings. The minimum Gasteiger partial charge on any atom is -0.379 e. The molecule has 1 atom stereocenters. The second kappa shape index (κ2) is 12.2. The minimum atomic E-state index is -3.70. The summed E-state index contributed by atoms with van der Waals surface area (Å²) >= 11 is 0. The lowest BCUT2D eigenvalue weighted by Crippen LogP contribution is -2.49. The third kappa shape index (κ3) is 7.29. The number of hydrogen-bond donors (Lipinski definition) is 2. The summed E-state index contributed by atoms with van der Waals surface area (Å²) in [5, 5.41) is 5.65. The Morgan fingerprint density at radius 1 is 1.13 bits per heavy atom. The van der Waals surface area contributed by atoms with Crippen LogP contribution in [0.5, 0.6) is 0 Å². The van der Waals surface area contributed by atoms with Crippen molar-refractivity contribution in [2.75, 3.05) is 32.8 Å². The summed E-state index contributed by atoms with van der Waals surface area (Å²) in [5.74, 6) is -0.810. The van der Waals surface area contributed by atoms with Crippen molar-refractivity contribution in [1.29, 1.82) is 0 Å². The van der Waals surface area contributed by atoms with Gasteiger partial charge in [-0.05, 0) is 30.5 Å². The average Bonchev–Trinajstić information content (AvgIpc) is 2.77. The van der Waals surface area contributed by atoms with Crippen LogP contribution in [-0.2, 0) is 19.6 Å². The van der Waals surface area contributed by atoms with Crippen LogP contribution >= 0.6 is 0 Å². The molecule has 0 unspecified atom stereocenters. The molecular formula is C22H35N3O5S. The highest BCUT2D eigenvalue weighted by Crippen LogP contribution is 2.18. The van der Waals surface area contributed by atoms with E-state index in [-0.39, 0.29) is 35.4 Å². The van der Waals surface area contributed by atoms with Gasteiger partial charge in [-0.25, -0.2) is 8.42 Å². The van der Waals surface area contributed by atoms with E-state index >= 15 is 0 Å². The second-order valence-electron chi connectivity index (χ2n) is 8.09. The molecular weight excluding hydrogens is 418 g/mol. The van der Waals surface area contributed by atoms with Crippen LogP contribution in [0.1, 0.15) is 56.8 Å². The summed E-state index contributed by atoms with van der Waals surface area (Å²) in [6.07, 6.45) is 4.21.